The normalized spacial score (nSPS) is 15.5. The summed E-state index contributed by atoms with van der Waals surface area (Å²) in [5.41, 5.74) is 5.60. The Labute approximate surface area is 159 Å². The molecule has 0 aliphatic heterocycles. The Balaban J connectivity index is 4.82. The number of rotatable bonds is 11. The zero-order valence-corrected chi connectivity index (χ0v) is 16.5. The second-order valence-electron chi connectivity index (χ2n) is 6.51. The van der Waals surface area contributed by atoms with Crippen LogP contribution in [0.4, 0.5) is 0 Å². The maximum atomic E-state index is 12.4. The largest absolute Gasteiger partial charge is 0.480 e. The van der Waals surface area contributed by atoms with Gasteiger partial charge in [-0.25, -0.2) is 4.79 Å². The Morgan fingerprint density at radius 3 is 2.04 bits per heavy atom. The summed E-state index contributed by atoms with van der Waals surface area (Å²) in [5, 5.41) is 16.4. The van der Waals surface area contributed by atoms with Crippen molar-refractivity contribution in [3.63, 3.8) is 0 Å². The third kappa shape index (κ3) is 8.05. The molecule has 0 aliphatic carbocycles. The average Bonchev–Trinajstić information content (AvgIpc) is 2.59. The van der Waals surface area contributed by atoms with Crippen molar-refractivity contribution in [2.45, 2.75) is 52.2 Å². The summed E-state index contributed by atoms with van der Waals surface area (Å²) in [7, 11) is 0. The Hall–Kier alpha value is -1.81. The second-order valence-corrected chi connectivity index (χ2v) is 6.87. The fourth-order valence-corrected chi connectivity index (χ4v) is 2.23. The number of carbonyl (C=O) groups is 4. The molecule has 10 heteroatoms. The maximum Gasteiger partial charge on any atom is 0.326 e. The molecule has 0 radical (unpaired) electrons. The van der Waals surface area contributed by atoms with Gasteiger partial charge in [-0.2, -0.15) is 12.6 Å². The molecule has 0 aliphatic rings. The molecule has 0 saturated heterocycles. The summed E-state index contributed by atoms with van der Waals surface area (Å²) in [6.45, 7) is 6.59. The molecule has 0 aromatic carbocycles. The van der Waals surface area contributed by atoms with Crippen LogP contribution in [0.2, 0.25) is 0 Å². The van der Waals surface area contributed by atoms with Gasteiger partial charge < -0.3 is 26.8 Å². The molecule has 0 aromatic heterocycles. The smallest absolute Gasteiger partial charge is 0.326 e. The monoisotopic (exact) mass is 390 g/mol. The zero-order valence-electron chi connectivity index (χ0n) is 15.6. The standard InChI is InChI=1S/C16H30N4O5S/c1-5-9(4)13(20-14(22)10(17)7-26)15(23)18-6-11(21)19-12(8(2)3)16(24)25/h8-10,12-13,26H,5-7,17H2,1-4H3,(H,18,23)(H,19,21)(H,20,22)(H,24,25). The van der Waals surface area contributed by atoms with Gasteiger partial charge in [0.15, 0.2) is 0 Å². The minimum atomic E-state index is -1.15. The predicted octanol–water partition coefficient (Wildman–Crippen LogP) is -0.884. The molecule has 150 valence electrons. The summed E-state index contributed by atoms with van der Waals surface area (Å²) < 4.78 is 0. The fourth-order valence-electron chi connectivity index (χ4n) is 2.06. The van der Waals surface area contributed by atoms with E-state index in [9.17, 15) is 19.2 Å². The highest BCUT2D eigenvalue weighted by molar-refractivity contribution is 7.80. The van der Waals surface area contributed by atoms with Gasteiger partial charge in [0.05, 0.1) is 12.6 Å². The minimum absolute atomic E-state index is 0.134. The number of hydrogen-bond donors (Lipinski definition) is 6. The number of nitrogens with two attached hydrogens (primary N) is 1. The van der Waals surface area contributed by atoms with Gasteiger partial charge in [-0.3, -0.25) is 14.4 Å². The van der Waals surface area contributed by atoms with E-state index in [0.717, 1.165) is 0 Å². The van der Waals surface area contributed by atoms with E-state index in [2.05, 4.69) is 28.6 Å². The molecule has 0 aromatic rings. The molecule has 3 amide bonds. The van der Waals surface area contributed by atoms with Crippen LogP contribution in [0.15, 0.2) is 0 Å². The lowest BCUT2D eigenvalue weighted by atomic mass is 9.98. The maximum absolute atomic E-state index is 12.4. The number of aliphatic carboxylic acids is 1. The Kier molecular flexibility index (Phi) is 10.9. The summed E-state index contributed by atoms with van der Waals surface area (Å²) in [6.07, 6.45) is 0.620. The number of hydrogen-bond acceptors (Lipinski definition) is 6. The lowest BCUT2D eigenvalue weighted by Gasteiger charge is -2.25. The van der Waals surface area contributed by atoms with E-state index in [-0.39, 0.29) is 17.6 Å². The van der Waals surface area contributed by atoms with Crippen LogP contribution < -0.4 is 21.7 Å². The molecular weight excluding hydrogens is 360 g/mol. The van der Waals surface area contributed by atoms with Crippen molar-refractivity contribution in [3.8, 4) is 0 Å². The molecule has 0 fully saturated rings. The number of carboxylic acids is 1. The lowest BCUT2D eigenvalue weighted by Crippen LogP contribution is -2.56. The molecule has 4 unspecified atom stereocenters. The van der Waals surface area contributed by atoms with E-state index < -0.39 is 48.4 Å². The molecule has 0 spiro atoms. The first-order valence-electron chi connectivity index (χ1n) is 8.51. The van der Waals surface area contributed by atoms with Gasteiger partial charge in [0.25, 0.3) is 0 Å². The van der Waals surface area contributed by atoms with E-state index in [1.807, 2.05) is 6.92 Å². The summed E-state index contributed by atoms with van der Waals surface area (Å²) in [4.78, 5) is 47.3. The lowest BCUT2D eigenvalue weighted by molar-refractivity contribution is -0.143. The Morgan fingerprint density at radius 2 is 1.62 bits per heavy atom. The van der Waals surface area contributed by atoms with Gasteiger partial charge in [0.2, 0.25) is 17.7 Å². The molecule has 0 saturated carbocycles. The van der Waals surface area contributed by atoms with Crippen molar-refractivity contribution < 1.29 is 24.3 Å². The number of amides is 3. The van der Waals surface area contributed by atoms with E-state index in [0.29, 0.717) is 6.42 Å². The number of carbonyl (C=O) groups excluding carboxylic acids is 3. The third-order valence-electron chi connectivity index (χ3n) is 4.00. The first kappa shape index (κ1) is 24.2. The SMILES string of the molecule is CCC(C)C(NC(=O)C(N)CS)C(=O)NCC(=O)NC(C(=O)O)C(C)C. The molecular formula is C16H30N4O5S. The van der Waals surface area contributed by atoms with Crippen LogP contribution in [-0.4, -0.2) is 59.2 Å². The molecule has 0 heterocycles. The van der Waals surface area contributed by atoms with Crippen LogP contribution in [0, 0.1) is 11.8 Å². The van der Waals surface area contributed by atoms with Crippen molar-refractivity contribution in [2.75, 3.05) is 12.3 Å². The quantitative estimate of drug-likeness (QED) is 0.252. The van der Waals surface area contributed by atoms with Gasteiger partial charge in [-0.05, 0) is 11.8 Å². The second kappa shape index (κ2) is 11.7. The number of thiol groups is 1. The van der Waals surface area contributed by atoms with Gasteiger partial charge >= 0.3 is 5.97 Å². The third-order valence-corrected chi connectivity index (χ3v) is 4.39. The van der Waals surface area contributed by atoms with Crippen LogP contribution in [0.5, 0.6) is 0 Å². The Morgan fingerprint density at radius 1 is 1.04 bits per heavy atom. The molecule has 0 bridgehead atoms. The molecule has 6 N–H and O–H groups in total. The van der Waals surface area contributed by atoms with E-state index >= 15 is 0 Å². The number of nitrogens with one attached hydrogen (secondary N) is 3. The average molecular weight is 391 g/mol. The zero-order chi connectivity index (χ0) is 20.4. The van der Waals surface area contributed by atoms with Crippen LogP contribution in [0.3, 0.4) is 0 Å². The van der Waals surface area contributed by atoms with Gasteiger partial charge in [0.1, 0.15) is 12.1 Å². The van der Waals surface area contributed by atoms with Gasteiger partial charge in [0, 0.05) is 5.75 Å². The van der Waals surface area contributed by atoms with E-state index in [1.54, 1.807) is 20.8 Å². The summed E-state index contributed by atoms with van der Waals surface area (Å²) >= 11 is 3.95. The van der Waals surface area contributed by atoms with Gasteiger partial charge in [-0.15, -0.1) is 0 Å². The molecule has 4 atom stereocenters. The van der Waals surface area contributed by atoms with Gasteiger partial charge in [-0.1, -0.05) is 34.1 Å². The van der Waals surface area contributed by atoms with Crippen LogP contribution in [-0.2, 0) is 19.2 Å². The molecule has 0 rings (SSSR count). The Bertz CT molecular complexity index is 515. The fraction of sp³-hybridized carbons (Fsp3) is 0.750. The summed E-state index contributed by atoms with van der Waals surface area (Å²) in [6, 6.07) is -2.74. The van der Waals surface area contributed by atoms with Crippen LogP contribution in [0.25, 0.3) is 0 Å². The number of carboxylic acid groups (broad SMARTS) is 1. The van der Waals surface area contributed by atoms with Crippen molar-refractivity contribution >= 4 is 36.3 Å². The van der Waals surface area contributed by atoms with Crippen molar-refractivity contribution in [3.05, 3.63) is 0 Å². The van der Waals surface area contributed by atoms with Crippen LogP contribution in [0.1, 0.15) is 34.1 Å². The molecule has 9 nitrogen and oxygen atoms in total. The highest BCUT2D eigenvalue weighted by Crippen LogP contribution is 2.08. The summed E-state index contributed by atoms with van der Waals surface area (Å²) in [5.74, 6) is -3.17. The topological polar surface area (TPSA) is 151 Å². The van der Waals surface area contributed by atoms with Crippen LogP contribution >= 0.6 is 12.6 Å². The van der Waals surface area contributed by atoms with Crippen molar-refractivity contribution in [2.24, 2.45) is 17.6 Å². The van der Waals surface area contributed by atoms with Crippen molar-refractivity contribution in [1.82, 2.24) is 16.0 Å². The first-order chi connectivity index (χ1) is 12.0. The van der Waals surface area contributed by atoms with E-state index in [1.165, 1.54) is 0 Å². The first-order valence-corrected chi connectivity index (χ1v) is 9.14. The highest BCUT2D eigenvalue weighted by atomic mass is 32.1. The van der Waals surface area contributed by atoms with E-state index in [4.69, 9.17) is 10.8 Å². The molecule has 26 heavy (non-hydrogen) atoms. The van der Waals surface area contributed by atoms with Crippen molar-refractivity contribution in [1.29, 1.82) is 0 Å². The predicted molar refractivity (Wildman–Crippen MR) is 101 cm³/mol. The highest BCUT2D eigenvalue weighted by Gasteiger charge is 2.28. The minimum Gasteiger partial charge on any atom is -0.480 e.